The zero-order chi connectivity index (χ0) is 12.5. The molecule has 2 aromatic rings. The average Bonchev–Trinajstić information content (AvgIpc) is 2.74. The first-order chi connectivity index (χ1) is 8.72. The molecule has 90 valence electrons. The third-order valence-corrected chi connectivity index (χ3v) is 4.11. The molecule has 3 rings (SSSR count). The molecular weight excluding hydrogens is 242 g/mol. The molecule has 1 aliphatic heterocycles. The second-order valence-corrected chi connectivity index (χ2v) is 5.74. The van der Waals surface area contributed by atoms with Crippen LogP contribution in [0.3, 0.4) is 0 Å². The Hall–Kier alpha value is -1.74. The lowest BCUT2D eigenvalue weighted by Gasteiger charge is -2.04. The van der Waals surface area contributed by atoms with Crippen molar-refractivity contribution in [2.75, 3.05) is 0 Å². The molecule has 0 spiro atoms. The van der Waals surface area contributed by atoms with Crippen LogP contribution in [-0.4, -0.2) is 9.76 Å². The summed E-state index contributed by atoms with van der Waals surface area (Å²) in [6.07, 6.45) is 0.866. The van der Waals surface area contributed by atoms with Gasteiger partial charge in [0.1, 0.15) is 0 Å². The second kappa shape index (κ2) is 4.50. The number of hydrogen-bond donors (Lipinski definition) is 0. The minimum atomic E-state index is -1.06. The van der Waals surface area contributed by atoms with Gasteiger partial charge in [-0.3, -0.25) is 0 Å². The van der Waals surface area contributed by atoms with Crippen LogP contribution < -0.4 is 0 Å². The summed E-state index contributed by atoms with van der Waals surface area (Å²) in [4.78, 5) is 4.95. The molecule has 0 aliphatic carbocycles. The van der Waals surface area contributed by atoms with E-state index in [1.807, 2.05) is 12.1 Å². The summed E-state index contributed by atoms with van der Waals surface area (Å²) < 4.78 is 11.7. The maximum Gasteiger partial charge on any atom is 0.0984 e. The van der Waals surface area contributed by atoms with Crippen molar-refractivity contribution in [3.63, 3.8) is 0 Å². The van der Waals surface area contributed by atoms with E-state index in [0.717, 1.165) is 17.0 Å². The maximum atomic E-state index is 11.7. The van der Waals surface area contributed by atoms with E-state index >= 15 is 0 Å². The van der Waals surface area contributed by atoms with Crippen molar-refractivity contribution in [2.45, 2.75) is 18.2 Å². The lowest BCUT2D eigenvalue weighted by molar-refractivity contribution is 0.691. The smallest absolute Gasteiger partial charge is 0.0984 e. The number of fused-ring (bicyclic) bond motifs is 1. The molecule has 1 heterocycles. The number of aryl methyl sites for hydroxylation is 1. The quantitative estimate of drug-likeness (QED) is 0.809. The largest absolute Gasteiger partial charge is 0.248 e. The zero-order valence-electron chi connectivity index (χ0n) is 10.1. The summed E-state index contributed by atoms with van der Waals surface area (Å²) in [5.41, 5.74) is 6.05. The van der Waals surface area contributed by atoms with Crippen LogP contribution in [0.2, 0.25) is 0 Å². The summed E-state index contributed by atoms with van der Waals surface area (Å²) >= 11 is 0. The summed E-state index contributed by atoms with van der Waals surface area (Å²) in [5.74, 6) is 0. The van der Waals surface area contributed by atoms with Gasteiger partial charge in [0, 0.05) is 0 Å². The van der Waals surface area contributed by atoms with E-state index in [2.05, 4.69) is 42.2 Å². The zero-order valence-corrected chi connectivity index (χ0v) is 10.9. The lowest BCUT2D eigenvalue weighted by atomic mass is 10.0. The van der Waals surface area contributed by atoms with Crippen LogP contribution in [0, 0.1) is 6.92 Å². The Labute approximate surface area is 109 Å². The Kier molecular flexibility index (Phi) is 2.84. The molecular formula is C15H13NOS. The van der Waals surface area contributed by atoms with Crippen LogP contribution in [0.4, 0.5) is 5.69 Å². The first kappa shape index (κ1) is 11.4. The molecule has 2 nitrogen and oxygen atoms in total. The molecule has 1 unspecified atom stereocenters. The van der Waals surface area contributed by atoms with Crippen LogP contribution in [0.5, 0.6) is 0 Å². The van der Waals surface area contributed by atoms with Crippen molar-refractivity contribution >= 4 is 22.0 Å². The molecule has 0 aromatic heterocycles. The highest BCUT2D eigenvalue weighted by atomic mass is 32.2. The van der Waals surface area contributed by atoms with Gasteiger partial charge in [-0.25, -0.2) is 9.20 Å². The second-order valence-electron chi connectivity index (χ2n) is 4.50. The normalized spacial score (nSPS) is 16.8. The molecule has 2 aromatic carbocycles. The predicted molar refractivity (Wildman–Crippen MR) is 75.0 cm³/mol. The highest BCUT2D eigenvalue weighted by molar-refractivity contribution is 7.99. The molecule has 0 N–H and O–H groups in total. The monoisotopic (exact) mass is 255 g/mol. The summed E-state index contributed by atoms with van der Waals surface area (Å²) in [5, 5.41) is 0. The molecule has 18 heavy (non-hydrogen) atoms. The van der Waals surface area contributed by atoms with E-state index in [0.29, 0.717) is 0 Å². The van der Waals surface area contributed by atoms with Crippen LogP contribution >= 0.6 is 0 Å². The van der Waals surface area contributed by atoms with Gasteiger partial charge in [0.25, 0.3) is 0 Å². The molecule has 1 aliphatic rings. The number of benzene rings is 2. The molecule has 0 saturated carbocycles. The van der Waals surface area contributed by atoms with E-state index in [-0.39, 0.29) is 0 Å². The predicted octanol–water partition coefficient (Wildman–Crippen LogP) is 3.37. The minimum Gasteiger partial charge on any atom is -0.248 e. The van der Waals surface area contributed by atoms with E-state index in [9.17, 15) is 4.21 Å². The fourth-order valence-corrected chi connectivity index (χ4v) is 2.96. The SMILES string of the molecule is Cc1ccc(Cc2ccc3c(c2)S(=O)C=N3)cc1. The van der Waals surface area contributed by atoms with Gasteiger partial charge in [-0.05, 0) is 36.6 Å². The molecule has 1 atom stereocenters. The molecule has 0 radical (unpaired) electrons. The first-order valence-electron chi connectivity index (χ1n) is 5.85. The Bertz CT molecular complexity index is 644. The lowest BCUT2D eigenvalue weighted by Crippen LogP contribution is -1.91. The highest BCUT2D eigenvalue weighted by Gasteiger charge is 2.14. The van der Waals surface area contributed by atoms with Gasteiger partial charge >= 0.3 is 0 Å². The van der Waals surface area contributed by atoms with Crippen molar-refractivity contribution in [3.05, 3.63) is 59.2 Å². The Morgan fingerprint density at radius 1 is 1.06 bits per heavy atom. The fourth-order valence-electron chi connectivity index (χ4n) is 2.04. The molecule has 0 saturated heterocycles. The first-order valence-corrected chi connectivity index (χ1v) is 7.07. The summed E-state index contributed by atoms with van der Waals surface area (Å²) in [6.45, 7) is 2.08. The van der Waals surface area contributed by atoms with Crippen LogP contribution in [0.25, 0.3) is 0 Å². The minimum absolute atomic E-state index is 0.833. The Morgan fingerprint density at radius 3 is 2.56 bits per heavy atom. The standard InChI is InChI=1S/C15H13NOS/c1-11-2-4-12(5-3-11)8-13-6-7-14-15(9-13)18(17)10-16-14/h2-7,9-10H,8H2,1H3. The Balaban J connectivity index is 1.88. The van der Waals surface area contributed by atoms with Crippen molar-refractivity contribution in [1.82, 2.24) is 0 Å². The Morgan fingerprint density at radius 2 is 1.78 bits per heavy atom. The van der Waals surface area contributed by atoms with E-state index in [4.69, 9.17) is 0 Å². The highest BCUT2D eigenvalue weighted by Crippen LogP contribution is 2.28. The van der Waals surface area contributed by atoms with Gasteiger partial charge in [-0.1, -0.05) is 35.9 Å². The summed E-state index contributed by atoms with van der Waals surface area (Å²) in [6, 6.07) is 14.5. The third-order valence-electron chi connectivity index (χ3n) is 3.06. The number of hydrogen-bond acceptors (Lipinski definition) is 2. The van der Waals surface area contributed by atoms with E-state index < -0.39 is 10.8 Å². The van der Waals surface area contributed by atoms with Gasteiger partial charge in [-0.15, -0.1) is 0 Å². The van der Waals surface area contributed by atoms with Gasteiger partial charge < -0.3 is 0 Å². The van der Waals surface area contributed by atoms with E-state index in [1.165, 1.54) is 22.2 Å². The van der Waals surface area contributed by atoms with Crippen LogP contribution in [-0.2, 0) is 17.2 Å². The topological polar surface area (TPSA) is 29.4 Å². The fraction of sp³-hybridized carbons (Fsp3) is 0.133. The van der Waals surface area contributed by atoms with Gasteiger partial charge in [0.05, 0.1) is 26.9 Å². The van der Waals surface area contributed by atoms with Gasteiger partial charge in [-0.2, -0.15) is 0 Å². The molecule has 0 amide bonds. The third kappa shape index (κ3) is 2.14. The van der Waals surface area contributed by atoms with Crippen LogP contribution in [0.1, 0.15) is 16.7 Å². The van der Waals surface area contributed by atoms with Crippen molar-refractivity contribution in [1.29, 1.82) is 0 Å². The summed E-state index contributed by atoms with van der Waals surface area (Å²) in [7, 11) is -1.06. The van der Waals surface area contributed by atoms with E-state index in [1.54, 1.807) is 0 Å². The van der Waals surface area contributed by atoms with Crippen molar-refractivity contribution < 1.29 is 4.21 Å². The molecule has 0 bridgehead atoms. The van der Waals surface area contributed by atoms with Gasteiger partial charge in [0.15, 0.2) is 0 Å². The van der Waals surface area contributed by atoms with Crippen LogP contribution in [0.15, 0.2) is 52.4 Å². The number of aliphatic imine (C=N–C) groups is 1. The molecule has 0 fully saturated rings. The number of rotatable bonds is 2. The van der Waals surface area contributed by atoms with Crippen molar-refractivity contribution in [3.8, 4) is 0 Å². The number of nitrogens with zero attached hydrogens (tertiary/aromatic N) is 1. The van der Waals surface area contributed by atoms with Crippen molar-refractivity contribution in [2.24, 2.45) is 4.99 Å². The maximum absolute atomic E-state index is 11.7. The average molecular weight is 255 g/mol. The van der Waals surface area contributed by atoms with Gasteiger partial charge in [0.2, 0.25) is 0 Å². The molecule has 3 heteroatoms.